The Morgan fingerprint density at radius 2 is 1.88 bits per heavy atom. The van der Waals surface area contributed by atoms with Gasteiger partial charge >= 0.3 is 0 Å². The van der Waals surface area contributed by atoms with Crippen molar-refractivity contribution >= 4 is 17.5 Å². The van der Waals surface area contributed by atoms with E-state index in [0.29, 0.717) is 12.1 Å². The molecular weight excluding hydrogens is 332 g/mol. The van der Waals surface area contributed by atoms with Crippen LogP contribution in [0, 0.1) is 6.92 Å². The topological polar surface area (TPSA) is 70.1 Å². The molecule has 136 valence electrons. The first-order valence-electron chi connectivity index (χ1n) is 8.45. The maximum absolute atomic E-state index is 12.8. The van der Waals surface area contributed by atoms with Gasteiger partial charge in [-0.15, -0.1) is 0 Å². The summed E-state index contributed by atoms with van der Waals surface area (Å²) in [5, 5.41) is 9.69. The van der Waals surface area contributed by atoms with Crippen LogP contribution in [0.1, 0.15) is 22.8 Å². The number of nitrogens with zero attached hydrogens (tertiary/aromatic N) is 2. The standard InChI is InChI=1S/C20H22N2O4/c1-13-4-7-16(8-5-13)22-11-14(2)21(12-19(22)24)20(25)15-6-9-17(23)18(10-15)26-3/h4-10,14,23H,11-12H2,1-3H3. The Morgan fingerprint density at radius 3 is 2.54 bits per heavy atom. The van der Waals surface area contributed by atoms with Crippen molar-refractivity contribution < 1.29 is 19.4 Å². The third kappa shape index (κ3) is 3.35. The number of phenols is 1. The highest BCUT2D eigenvalue weighted by Crippen LogP contribution is 2.28. The zero-order valence-corrected chi connectivity index (χ0v) is 15.1. The Bertz CT molecular complexity index is 832. The third-order valence-corrected chi connectivity index (χ3v) is 4.62. The van der Waals surface area contributed by atoms with Gasteiger partial charge in [0.05, 0.1) is 7.11 Å². The van der Waals surface area contributed by atoms with E-state index in [4.69, 9.17) is 4.74 Å². The van der Waals surface area contributed by atoms with Crippen LogP contribution in [-0.2, 0) is 4.79 Å². The zero-order chi connectivity index (χ0) is 18.8. The number of amides is 2. The van der Waals surface area contributed by atoms with Crippen molar-refractivity contribution in [3.63, 3.8) is 0 Å². The normalized spacial score (nSPS) is 17.3. The summed E-state index contributed by atoms with van der Waals surface area (Å²) >= 11 is 0. The minimum absolute atomic E-state index is 0.0110. The Labute approximate surface area is 152 Å². The largest absolute Gasteiger partial charge is 0.504 e. The summed E-state index contributed by atoms with van der Waals surface area (Å²) in [7, 11) is 1.43. The van der Waals surface area contributed by atoms with Crippen molar-refractivity contribution in [1.29, 1.82) is 0 Å². The van der Waals surface area contributed by atoms with E-state index in [2.05, 4.69) is 0 Å². The van der Waals surface area contributed by atoms with Gasteiger partial charge in [-0.25, -0.2) is 0 Å². The van der Waals surface area contributed by atoms with E-state index in [9.17, 15) is 14.7 Å². The highest BCUT2D eigenvalue weighted by atomic mass is 16.5. The fourth-order valence-electron chi connectivity index (χ4n) is 3.07. The number of aromatic hydroxyl groups is 1. The van der Waals surface area contributed by atoms with Crippen LogP contribution in [0.5, 0.6) is 11.5 Å². The van der Waals surface area contributed by atoms with E-state index in [0.717, 1.165) is 11.3 Å². The minimum atomic E-state index is -0.257. The molecule has 0 radical (unpaired) electrons. The predicted molar refractivity (Wildman–Crippen MR) is 98.7 cm³/mol. The number of carbonyl (C=O) groups excluding carboxylic acids is 2. The predicted octanol–water partition coefficient (Wildman–Crippen LogP) is 2.59. The van der Waals surface area contributed by atoms with Gasteiger partial charge in [-0.05, 0) is 44.2 Å². The van der Waals surface area contributed by atoms with E-state index in [1.165, 1.54) is 25.3 Å². The Morgan fingerprint density at radius 1 is 1.19 bits per heavy atom. The van der Waals surface area contributed by atoms with Gasteiger partial charge in [-0.2, -0.15) is 0 Å². The van der Waals surface area contributed by atoms with Crippen LogP contribution in [0.2, 0.25) is 0 Å². The number of aryl methyl sites for hydroxylation is 1. The molecule has 2 amide bonds. The van der Waals surface area contributed by atoms with Gasteiger partial charge < -0.3 is 19.6 Å². The van der Waals surface area contributed by atoms with Gasteiger partial charge in [-0.1, -0.05) is 17.7 Å². The number of rotatable bonds is 3. The number of piperazine rings is 1. The summed E-state index contributed by atoms with van der Waals surface area (Å²) in [4.78, 5) is 28.7. The number of carbonyl (C=O) groups is 2. The first-order chi connectivity index (χ1) is 12.4. The van der Waals surface area contributed by atoms with Crippen LogP contribution >= 0.6 is 0 Å². The van der Waals surface area contributed by atoms with Crippen molar-refractivity contribution in [3.8, 4) is 11.5 Å². The lowest BCUT2D eigenvalue weighted by Gasteiger charge is -2.39. The van der Waals surface area contributed by atoms with Gasteiger partial charge in [0.2, 0.25) is 5.91 Å². The summed E-state index contributed by atoms with van der Waals surface area (Å²) in [5.74, 6) is -0.177. The fraction of sp³-hybridized carbons (Fsp3) is 0.300. The SMILES string of the molecule is COc1cc(C(=O)N2CC(=O)N(c3ccc(C)cc3)CC2C)ccc1O. The van der Waals surface area contributed by atoms with Crippen LogP contribution in [0.4, 0.5) is 5.69 Å². The zero-order valence-electron chi connectivity index (χ0n) is 15.1. The van der Waals surface area contributed by atoms with E-state index >= 15 is 0 Å². The van der Waals surface area contributed by atoms with E-state index in [1.54, 1.807) is 9.80 Å². The molecule has 0 aromatic heterocycles. The second-order valence-corrected chi connectivity index (χ2v) is 6.51. The van der Waals surface area contributed by atoms with Gasteiger partial charge in [0.25, 0.3) is 5.91 Å². The quantitative estimate of drug-likeness (QED) is 0.920. The summed E-state index contributed by atoms with van der Waals surface area (Å²) in [6, 6.07) is 12.1. The van der Waals surface area contributed by atoms with Crippen LogP contribution in [0.3, 0.4) is 0 Å². The maximum atomic E-state index is 12.8. The number of hydrogen-bond donors (Lipinski definition) is 1. The Hall–Kier alpha value is -3.02. The van der Waals surface area contributed by atoms with Crippen molar-refractivity contribution in [2.24, 2.45) is 0 Å². The lowest BCUT2D eigenvalue weighted by atomic mass is 10.1. The molecule has 0 spiro atoms. The van der Waals surface area contributed by atoms with Crippen molar-refractivity contribution in [2.75, 3.05) is 25.1 Å². The summed E-state index contributed by atoms with van der Waals surface area (Å²) in [6.45, 7) is 4.36. The van der Waals surface area contributed by atoms with E-state index in [-0.39, 0.29) is 35.9 Å². The summed E-state index contributed by atoms with van der Waals surface area (Å²) in [6.07, 6.45) is 0. The number of phenolic OH excluding ortho intramolecular Hbond substituents is 1. The molecule has 0 bridgehead atoms. The van der Waals surface area contributed by atoms with E-state index in [1.807, 2.05) is 38.1 Å². The smallest absolute Gasteiger partial charge is 0.254 e. The molecule has 26 heavy (non-hydrogen) atoms. The molecule has 1 fully saturated rings. The molecule has 0 saturated carbocycles. The van der Waals surface area contributed by atoms with Crippen molar-refractivity contribution in [1.82, 2.24) is 4.90 Å². The summed E-state index contributed by atoms with van der Waals surface area (Å²) < 4.78 is 5.06. The molecule has 1 aliphatic rings. The molecule has 2 aromatic carbocycles. The van der Waals surface area contributed by atoms with Crippen LogP contribution in [-0.4, -0.2) is 48.1 Å². The first-order valence-corrected chi connectivity index (χ1v) is 8.45. The number of ether oxygens (including phenoxy) is 1. The molecule has 1 unspecified atom stereocenters. The number of anilines is 1. The van der Waals surface area contributed by atoms with Gasteiger partial charge in [0, 0.05) is 23.8 Å². The minimum Gasteiger partial charge on any atom is -0.504 e. The Balaban J connectivity index is 1.80. The molecule has 6 heteroatoms. The molecule has 6 nitrogen and oxygen atoms in total. The summed E-state index contributed by atoms with van der Waals surface area (Å²) in [5.41, 5.74) is 2.35. The van der Waals surface area contributed by atoms with Crippen LogP contribution in [0.15, 0.2) is 42.5 Å². The lowest BCUT2D eigenvalue weighted by molar-refractivity contribution is -0.121. The molecular formula is C20H22N2O4. The van der Waals surface area contributed by atoms with E-state index < -0.39 is 0 Å². The highest BCUT2D eigenvalue weighted by Gasteiger charge is 2.33. The molecule has 3 rings (SSSR count). The number of benzene rings is 2. The molecule has 1 aliphatic heterocycles. The van der Waals surface area contributed by atoms with Gasteiger partial charge in [0.1, 0.15) is 6.54 Å². The fourth-order valence-corrected chi connectivity index (χ4v) is 3.07. The third-order valence-electron chi connectivity index (χ3n) is 4.62. The Kier molecular flexibility index (Phi) is 4.84. The van der Waals surface area contributed by atoms with Crippen LogP contribution < -0.4 is 9.64 Å². The van der Waals surface area contributed by atoms with Crippen molar-refractivity contribution in [2.45, 2.75) is 19.9 Å². The van der Waals surface area contributed by atoms with Gasteiger partial charge in [-0.3, -0.25) is 9.59 Å². The molecule has 1 N–H and O–H groups in total. The molecule has 1 saturated heterocycles. The average molecular weight is 354 g/mol. The monoisotopic (exact) mass is 354 g/mol. The van der Waals surface area contributed by atoms with Gasteiger partial charge in [0.15, 0.2) is 11.5 Å². The van der Waals surface area contributed by atoms with Crippen LogP contribution in [0.25, 0.3) is 0 Å². The molecule has 1 atom stereocenters. The van der Waals surface area contributed by atoms with Crippen molar-refractivity contribution in [3.05, 3.63) is 53.6 Å². The maximum Gasteiger partial charge on any atom is 0.254 e. The first kappa shape index (κ1) is 17.8. The second-order valence-electron chi connectivity index (χ2n) is 6.51. The average Bonchev–Trinajstić information content (AvgIpc) is 2.64. The molecule has 1 heterocycles. The molecule has 2 aromatic rings. The number of hydrogen-bond acceptors (Lipinski definition) is 4. The lowest BCUT2D eigenvalue weighted by Crippen LogP contribution is -2.57. The second kappa shape index (κ2) is 7.07. The highest BCUT2D eigenvalue weighted by molar-refractivity contribution is 6.02. The molecule has 0 aliphatic carbocycles. The number of methoxy groups -OCH3 is 1.